The van der Waals surface area contributed by atoms with E-state index < -0.39 is 9.84 Å². The van der Waals surface area contributed by atoms with Crippen LogP contribution < -0.4 is 5.32 Å². The lowest BCUT2D eigenvalue weighted by Gasteiger charge is -2.28. The van der Waals surface area contributed by atoms with Gasteiger partial charge in [-0.3, -0.25) is 0 Å². The number of rotatable bonds is 5. The van der Waals surface area contributed by atoms with Gasteiger partial charge in [0, 0.05) is 6.04 Å². The summed E-state index contributed by atoms with van der Waals surface area (Å²) in [6.07, 6.45) is 1.84. The molecular weight excluding hydrogens is 282 g/mol. The zero-order valence-electron chi connectivity index (χ0n) is 13.3. The molecule has 1 aliphatic rings. The van der Waals surface area contributed by atoms with E-state index in [-0.39, 0.29) is 17.4 Å². The van der Waals surface area contributed by atoms with Gasteiger partial charge in [-0.05, 0) is 36.3 Å². The molecule has 2 rings (SSSR count). The summed E-state index contributed by atoms with van der Waals surface area (Å²) in [6.45, 7) is 7.51. The standard InChI is InChI=1S/C17H27NO2S/c1-17(2,3)11-16(15-7-5-4-6-8-15)18-12-14-9-10-21(19,20)13-14/h4-8,14,16,18H,9-13H2,1-3H3. The van der Waals surface area contributed by atoms with E-state index in [0.717, 1.165) is 19.4 Å². The molecule has 1 saturated heterocycles. The average molecular weight is 309 g/mol. The van der Waals surface area contributed by atoms with E-state index >= 15 is 0 Å². The third-order valence-corrected chi connectivity index (χ3v) is 5.84. The Morgan fingerprint density at radius 3 is 2.43 bits per heavy atom. The second-order valence-corrected chi connectivity index (χ2v) is 9.63. The first-order valence-corrected chi connectivity index (χ1v) is 9.56. The molecule has 4 heteroatoms. The molecule has 118 valence electrons. The van der Waals surface area contributed by atoms with Crippen LogP contribution in [-0.4, -0.2) is 26.5 Å². The summed E-state index contributed by atoms with van der Waals surface area (Å²) >= 11 is 0. The van der Waals surface area contributed by atoms with Crippen LogP contribution in [0.15, 0.2) is 30.3 Å². The Kier molecular flexibility index (Phi) is 5.10. The second-order valence-electron chi connectivity index (χ2n) is 7.41. The van der Waals surface area contributed by atoms with Crippen LogP contribution in [0.4, 0.5) is 0 Å². The molecule has 1 heterocycles. The van der Waals surface area contributed by atoms with Crippen molar-refractivity contribution >= 4 is 9.84 Å². The predicted octanol–water partition coefficient (Wildman–Crippen LogP) is 3.19. The van der Waals surface area contributed by atoms with Gasteiger partial charge in [0.15, 0.2) is 9.84 Å². The van der Waals surface area contributed by atoms with E-state index in [1.165, 1.54) is 5.56 Å². The normalized spacial score (nSPS) is 23.1. The van der Waals surface area contributed by atoms with Crippen molar-refractivity contribution in [2.75, 3.05) is 18.1 Å². The summed E-state index contributed by atoms with van der Waals surface area (Å²) in [5.74, 6) is 0.965. The van der Waals surface area contributed by atoms with E-state index in [1.54, 1.807) is 0 Å². The summed E-state index contributed by atoms with van der Waals surface area (Å²) in [6, 6.07) is 10.7. The van der Waals surface area contributed by atoms with Crippen LogP contribution in [0.1, 0.15) is 45.2 Å². The van der Waals surface area contributed by atoms with Gasteiger partial charge in [-0.25, -0.2) is 8.42 Å². The Balaban J connectivity index is 2.00. The van der Waals surface area contributed by atoms with E-state index in [2.05, 4.69) is 50.4 Å². The molecular formula is C17H27NO2S. The summed E-state index contributed by atoms with van der Waals surface area (Å²) < 4.78 is 23.1. The number of hydrogen-bond donors (Lipinski definition) is 1. The largest absolute Gasteiger partial charge is 0.310 e. The van der Waals surface area contributed by atoms with Crippen LogP contribution in [0, 0.1) is 11.3 Å². The van der Waals surface area contributed by atoms with Gasteiger partial charge >= 0.3 is 0 Å². The molecule has 0 radical (unpaired) electrons. The molecule has 21 heavy (non-hydrogen) atoms. The molecule has 0 aliphatic carbocycles. The Morgan fingerprint density at radius 1 is 1.24 bits per heavy atom. The Morgan fingerprint density at radius 2 is 1.90 bits per heavy atom. The fraction of sp³-hybridized carbons (Fsp3) is 0.647. The number of sulfone groups is 1. The fourth-order valence-corrected chi connectivity index (χ4v) is 4.81. The van der Waals surface area contributed by atoms with Gasteiger partial charge in [0.25, 0.3) is 0 Å². The summed E-state index contributed by atoms with van der Waals surface area (Å²) in [4.78, 5) is 0. The van der Waals surface area contributed by atoms with Crippen LogP contribution in [0.2, 0.25) is 0 Å². The van der Waals surface area contributed by atoms with E-state index in [1.807, 2.05) is 6.07 Å². The van der Waals surface area contributed by atoms with Gasteiger partial charge in [0.2, 0.25) is 0 Å². The highest BCUT2D eigenvalue weighted by Gasteiger charge is 2.29. The third kappa shape index (κ3) is 5.44. The highest BCUT2D eigenvalue weighted by atomic mass is 32.2. The van der Waals surface area contributed by atoms with Crippen LogP contribution in [0.3, 0.4) is 0 Å². The maximum absolute atomic E-state index is 11.6. The van der Waals surface area contributed by atoms with Gasteiger partial charge in [-0.1, -0.05) is 51.1 Å². The average Bonchev–Trinajstić information content (AvgIpc) is 2.74. The van der Waals surface area contributed by atoms with Crippen molar-refractivity contribution in [3.05, 3.63) is 35.9 Å². The molecule has 0 spiro atoms. The van der Waals surface area contributed by atoms with Gasteiger partial charge in [-0.2, -0.15) is 0 Å². The lowest BCUT2D eigenvalue weighted by atomic mass is 9.85. The molecule has 1 aromatic rings. The smallest absolute Gasteiger partial charge is 0.150 e. The highest BCUT2D eigenvalue weighted by Crippen LogP contribution is 2.30. The van der Waals surface area contributed by atoms with Crippen LogP contribution in [0.25, 0.3) is 0 Å². The lowest BCUT2D eigenvalue weighted by Crippen LogP contribution is -2.30. The Bertz CT molecular complexity index is 546. The summed E-state index contributed by atoms with van der Waals surface area (Å²) in [5, 5.41) is 3.61. The SMILES string of the molecule is CC(C)(C)CC(NCC1CCS(=O)(=O)C1)c1ccccc1. The van der Waals surface area contributed by atoms with Gasteiger partial charge in [0.1, 0.15) is 0 Å². The highest BCUT2D eigenvalue weighted by molar-refractivity contribution is 7.91. The minimum Gasteiger partial charge on any atom is -0.310 e. The Hall–Kier alpha value is -0.870. The minimum absolute atomic E-state index is 0.231. The first-order valence-electron chi connectivity index (χ1n) is 7.74. The first kappa shape index (κ1) is 16.5. The van der Waals surface area contributed by atoms with Crippen LogP contribution in [0.5, 0.6) is 0 Å². The van der Waals surface area contributed by atoms with Crippen molar-refractivity contribution in [3.63, 3.8) is 0 Å². The molecule has 0 aromatic heterocycles. The van der Waals surface area contributed by atoms with Crippen LogP contribution >= 0.6 is 0 Å². The zero-order valence-corrected chi connectivity index (χ0v) is 14.1. The third-order valence-electron chi connectivity index (χ3n) is 4.00. The molecule has 3 nitrogen and oxygen atoms in total. The molecule has 1 aliphatic heterocycles. The van der Waals surface area contributed by atoms with Crippen molar-refractivity contribution in [1.29, 1.82) is 0 Å². The summed E-state index contributed by atoms with van der Waals surface area (Å²) in [5.41, 5.74) is 1.52. The molecule has 1 N–H and O–H groups in total. The van der Waals surface area contributed by atoms with Gasteiger partial charge < -0.3 is 5.32 Å². The fourth-order valence-electron chi connectivity index (χ4n) is 2.95. The topological polar surface area (TPSA) is 46.2 Å². The number of hydrogen-bond acceptors (Lipinski definition) is 3. The molecule has 1 fully saturated rings. The number of nitrogens with one attached hydrogen (secondary N) is 1. The van der Waals surface area contributed by atoms with E-state index in [4.69, 9.17) is 0 Å². The molecule has 0 bridgehead atoms. The lowest BCUT2D eigenvalue weighted by molar-refractivity contribution is 0.303. The molecule has 2 unspecified atom stereocenters. The van der Waals surface area contributed by atoms with Crippen molar-refractivity contribution in [1.82, 2.24) is 5.32 Å². The monoisotopic (exact) mass is 309 g/mol. The van der Waals surface area contributed by atoms with Gasteiger partial charge in [-0.15, -0.1) is 0 Å². The summed E-state index contributed by atoms with van der Waals surface area (Å²) in [7, 11) is -2.78. The zero-order chi connectivity index (χ0) is 15.5. The van der Waals surface area contributed by atoms with Crippen molar-refractivity contribution in [2.24, 2.45) is 11.3 Å². The minimum atomic E-state index is -2.78. The van der Waals surface area contributed by atoms with Crippen LogP contribution in [-0.2, 0) is 9.84 Å². The first-order chi connectivity index (χ1) is 9.75. The van der Waals surface area contributed by atoms with E-state index in [9.17, 15) is 8.42 Å². The molecule has 2 atom stereocenters. The van der Waals surface area contributed by atoms with Crippen molar-refractivity contribution < 1.29 is 8.42 Å². The van der Waals surface area contributed by atoms with Crippen molar-refractivity contribution in [3.8, 4) is 0 Å². The number of benzene rings is 1. The Labute approximate surface area is 129 Å². The van der Waals surface area contributed by atoms with E-state index in [0.29, 0.717) is 11.5 Å². The maximum atomic E-state index is 11.6. The maximum Gasteiger partial charge on any atom is 0.150 e. The predicted molar refractivity (Wildman–Crippen MR) is 88.0 cm³/mol. The quantitative estimate of drug-likeness (QED) is 0.908. The molecule has 1 aromatic carbocycles. The van der Waals surface area contributed by atoms with Gasteiger partial charge in [0.05, 0.1) is 11.5 Å². The van der Waals surface area contributed by atoms with Crippen molar-refractivity contribution in [2.45, 2.75) is 39.7 Å². The second kappa shape index (κ2) is 6.49. The molecule has 0 amide bonds. The molecule has 0 saturated carbocycles.